The van der Waals surface area contributed by atoms with Crippen molar-refractivity contribution < 1.29 is 14.4 Å². The molecule has 1 atom stereocenters. The molecule has 0 unspecified atom stereocenters. The second-order valence-corrected chi connectivity index (χ2v) is 9.91. The molecule has 4 amide bonds. The summed E-state index contributed by atoms with van der Waals surface area (Å²) in [6.07, 6.45) is 0.277. The van der Waals surface area contributed by atoms with Crippen LogP contribution < -0.4 is 27.2 Å². The first kappa shape index (κ1) is 27.4. The first-order valence-electron chi connectivity index (χ1n) is 12.8. The van der Waals surface area contributed by atoms with Crippen molar-refractivity contribution in [3.8, 4) is 0 Å². The number of carbonyl (C=O) groups is 3. The average molecular weight is 533 g/mol. The Morgan fingerprint density at radius 2 is 1.62 bits per heavy atom. The van der Waals surface area contributed by atoms with E-state index in [-0.39, 0.29) is 36.9 Å². The molecule has 39 heavy (non-hydrogen) atoms. The Morgan fingerprint density at radius 3 is 2.21 bits per heavy atom. The average Bonchev–Trinajstić information content (AvgIpc) is 3.16. The number of anilines is 2. The normalized spacial score (nSPS) is 17.0. The van der Waals surface area contributed by atoms with Gasteiger partial charge in [0.1, 0.15) is 17.9 Å². The number of nitrogens with one attached hydrogen (secondary N) is 2. The number of benzene rings is 2. The minimum atomic E-state index is -1.30. The molecule has 0 radical (unpaired) electrons. The molecule has 1 aliphatic heterocycles. The van der Waals surface area contributed by atoms with E-state index in [0.29, 0.717) is 5.56 Å². The van der Waals surface area contributed by atoms with Gasteiger partial charge in [0.25, 0.3) is 11.5 Å². The van der Waals surface area contributed by atoms with Crippen LogP contribution in [0.5, 0.6) is 0 Å². The molecule has 2 aromatic carbocycles. The van der Waals surface area contributed by atoms with E-state index in [9.17, 15) is 24.0 Å². The highest BCUT2D eigenvalue weighted by Gasteiger charge is 2.52. The number of rotatable bonds is 9. The van der Waals surface area contributed by atoms with Crippen molar-refractivity contribution in [3.05, 3.63) is 92.6 Å². The molecule has 0 aliphatic carbocycles. The zero-order valence-corrected chi connectivity index (χ0v) is 22.1. The monoisotopic (exact) mass is 532 g/mol. The lowest BCUT2D eigenvalue weighted by molar-refractivity contribution is -0.134. The molecule has 4 N–H and O–H groups in total. The molecule has 0 spiro atoms. The summed E-state index contributed by atoms with van der Waals surface area (Å²) in [7, 11) is 0. The molecule has 4 rings (SSSR count). The van der Waals surface area contributed by atoms with Gasteiger partial charge in [0.05, 0.1) is 6.54 Å². The fourth-order valence-electron chi connectivity index (χ4n) is 4.80. The van der Waals surface area contributed by atoms with E-state index in [4.69, 9.17) is 5.73 Å². The highest BCUT2D eigenvalue weighted by Crippen LogP contribution is 2.32. The lowest BCUT2D eigenvalue weighted by Crippen LogP contribution is -2.48. The lowest BCUT2D eigenvalue weighted by Gasteiger charge is -2.28. The van der Waals surface area contributed by atoms with Crippen molar-refractivity contribution in [2.75, 3.05) is 23.7 Å². The molecule has 11 heteroatoms. The van der Waals surface area contributed by atoms with Gasteiger partial charge in [-0.05, 0) is 23.5 Å². The van der Waals surface area contributed by atoms with Crippen LogP contribution in [0.1, 0.15) is 38.3 Å². The second-order valence-electron chi connectivity index (χ2n) is 9.91. The molecule has 204 valence electrons. The highest BCUT2D eigenvalue weighted by atomic mass is 16.2. The molecule has 0 saturated carbocycles. The Balaban J connectivity index is 1.70. The minimum absolute atomic E-state index is 0.0664. The van der Waals surface area contributed by atoms with E-state index < -0.39 is 41.2 Å². The number of nitrogens with zero attached hydrogens (tertiary/aromatic N) is 3. The summed E-state index contributed by atoms with van der Waals surface area (Å²) >= 11 is 0. The number of aromatic amines is 1. The summed E-state index contributed by atoms with van der Waals surface area (Å²) in [6, 6.07) is 17.2. The Bertz CT molecular complexity index is 1500. The van der Waals surface area contributed by atoms with Gasteiger partial charge in [0.2, 0.25) is 5.91 Å². The number of imide groups is 1. The molecule has 1 aromatic heterocycles. The first-order valence-corrected chi connectivity index (χ1v) is 12.8. The number of carbonyl (C=O) groups excluding carboxylic acids is 3. The Hall–Kier alpha value is -4.67. The highest BCUT2D eigenvalue weighted by molar-refractivity contribution is 6.11. The van der Waals surface area contributed by atoms with Gasteiger partial charge in [-0.1, -0.05) is 81.4 Å². The number of hydrogen-bond acceptors (Lipinski definition) is 6. The van der Waals surface area contributed by atoms with E-state index in [1.165, 1.54) is 4.57 Å². The third kappa shape index (κ3) is 5.20. The van der Waals surface area contributed by atoms with Crippen LogP contribution in [0, 0.1) is 5.92 Å². The van der Waals surface area contributed by atoms with Gasteiger partial charge in [-0.2, -0.15) is 0 Å². The van der Waals surface area contributed by atoms with Gasteiger partial charge in [-0.15, -0.1) is 0 Å². The van der Waals surface area contributed by atoms with Crippen LogP contribution >= 0.6 is 0 Å². The quantitative estimate of drug-likeness (QED) is 0.359. The lowest BCUT2D eigenvalue weighted by atomic mass is 9.87. The molecule has 1 fully saturated rings. The van der Waals surface area contributed by atoms with Gasteiger partial charge >= 0.3 is 11.7 Å². The minimum Gasteiger partial charge on any atom is -0.383 e. The second kappa shape index (κ2) is 11.0. The summed E-state index contributed by atoms with van der Waals surface area (Å²) < 4.78 is 1.18. The van der Waals surface area contributed by atoms with Crippen LogP contribution in [0.2, 0.25) is 0 Å². The van der Waals surface area contributed by atoms with Gasteiger partial charge in [-0.3, -0.25) is 28.8 Å². The molecule has 2 heterocycles. The van der Waals surface area contributed by atoms with Crippen LogP contribution in [-0.2, 0) is 21.7 Å². The molecule has 0 bridgehead atoms. The van der Waals surface area contributed by atoms with Gasteiger partial charge in [-0.25, -0.2) is 9.59 Å². The predicted octanol–water partition coefficient (Wildman–Crippen LogP) is 2.01. The third-order valence-corrected chi connectivity index (χ3v) is 6.78. The Morgan fingerprint density at radius 1 is 1.00 bits per heavy atom. The number of hydrogen-bond donors (Lipinski definition) is 3. The van der Waals surface area contributed by atoms with Crippen LogP contribution in [0.15, 0.2) is 70.3 Å². The van der Waals surface area contributed by atoms with E-state index in [1.54, 1.807) is 49.4 Å². The van der Waals surface area contributed by atoms with Crippen LogP contribution in [-0.4, -0.2) is 45.4 Å². The van der Waals surface area contributed by atoms with E-state index >= 15 is 0 Å². The summed E-state index contributed by atoms with van der Waals surface area (Å²) in [6.45, 7) is 4.99. The summed E-state index contributed by atoms with van der Waals surface area (Å²) in [4.78, 5) is 70.1. The topological polar surface area (TPSA) is 151 Å². The predicted molar refractivity (Wildman–Crippen MR) is 147 cm³/mol. The summed E-state index contributed by atoms with van der Waals surface area (Å²) in [5, 5.41) is 2.75. The van der Waals surface area contributed by atoms with Crippen molar-refractivity contribution in [2.45, 2.75) is 39.3 Å². The molecule has 11 nitrogen and oxygen atoms in total. The zero-order valence-electron chi connectivity index (χ0n) is 22.1. The largest absolute Gasteiger partial charge is 0.383 e. The van der Waals surface area contributed by atoms with Crippen molar-refractivity contribution in [1.82, 2.24) is 19.8 Å². The fourth-order valence-corrected chi connectivity index (χ4v) is 4.80. The molecule has 1 saturated heterocycles. The van der Waals surface area contributed by atoms with Crippen molar-refractivity contribution >= 4 is 29.4 Å². The molecular weight excluding hydrogens is 500 g/mol. The van der Waals surface area contributed by atoms with Crippen molar-refractivity contribution in [1.29, 1.82) is 0 Å². The number of H-pyrrole nitrogens is 1. The first-order chi connectivity index (χ1) is 18.6. The van der Waals surface area contributed by atoms with Crippen molar-refractivity contribution in [2.24, 2.45) is 5.92 Å². The van der Waals surface area contributed by atoms with Crippen LogP contribution in [0.4, 0.5) is 16.3 Å². The maximum absolute atomic E-state index is 13.7. The van der Waals surface area contributed by atoms with Gasteiger partial charge in [0.15, 0.2) is 5.69 Å². The fraction of sp³-hybridized carbons (Fsp3) is 0.321. The number of nitrogens with two attached hydrogens (primary N) is 1. The molecule has 1 aliphatic rings. The molecular formula is C28H32N6O5. The Kier molecular flexibility index (Phi) is 7.70. The maximum atomic E-state index is 13.7. The number of amides is 4. The van der Waals surface area contributed by atoms with Crippen LogP contribution in [0.3, 0.4) is 0 Å². The van der Waals surface area contributed by atoms with E-state index in [2.05, 4.69) is 10.3 Å². The SMILES string of the molecule is CC[C@]1(c2ccccc2)NC(=O)N(CC(=O)N(CC(C)C)c2c(N)n(Cc3ccccc3)c(=O)[nH]c2=O)C1=O. The summed E-state index contributed by atoms with van der Waals surface area (Å²) in [5.74, 6) is -1.54. The standard InChI is InChI=1S/C28H32N6O5/c1-4-28(20-13-9-6-10-14-20)25(37)34(27(39)31-28)17-21(35)32(15-18(2)3)22-23(29)33(26(38)30-24(22)36)16-19-11-7-5-8-12-19/h5-14,18H,4,15-17,29H2,1-3H3,(H,31,39)(H,30,36,38)/t28-/m1/s1. The Labute approximate surface area is 225 Å². The maximum Gasteiger partial charge on any atom is 0.330 e. The number of nitrogen functional groups attached to an aromatic ring is 1. The van der Waals surface area contributed by atoms with E-state index in [0.717, 1.165) is 15.4 Å². The smallest absolute Gasteiger partial charge is 0.330 e. The van der Waals surface area contributed by atoms with Gasteiger partial charge < -0.3 is 16.0 Å². The third-order valence-electron chi connectivity index (χ3n) is 6.78. The zero-order chi connectivity index (χ0) is 28.3. The van der Waals surface area contributed by atoms with Gasteiger partial charge in [0, 0.05) is 6.54 Å². The number of aromatic nitrogens is 2. The summed E-state index contributed by atoms with van der Waals surface area (Å²) in [5.41, 5.74) is 4.65. The number of urea groups is 1. The van der Waals surface area contributed by atoms with Crippen molar-refractivity contribution in [3.63, 3.8) is 0 Å². The van der Waals surface area contributed by atoms with Crippen LogP contribution in [0.25, 0.3) is 0 Å². The molecule has 3 aromatic rings. The van der Waals surface area contributed by atoms with E-state index in [1.807, 2.05) is 32.0 Å².